The first kappa shape index (κ1) is 27.3. The molecule has 0 unspecified atom stereocenters. The lowest BCUT2D eigenvalue weighted by Crippen LogP contribution is -2.27. The minimum absolute atomic E-state index is 0.909. The van der Waals surface area contributed by atoms with Crippen LogP contribution in [0.4, 0.5) is 0 Å². The smallest absolute Gasteiger partial charge is 0.0912 e. The van der Waals surface area contributed by atoms with Crippen LogP contribution < -0.4 is 10.6 Å². The number of rotatable bonds is 22. The number of hydrogen-bond donors (Lipinski definition) is 3. The summed E-state index contributed by atoms with van der Waals surface area (Å²) in [6.07, 6.45) is 25.8. The predicted molar refractivity (Wildman–Crippen MR) is 147 cm³/mol. The van der Waals surface area contributed by atoms with Crippen LogP contribution in [0.2, 0.25) is 0 Å². The molecule has 0 spiro atoms. The molecule has 0 aliphatic rings. The maximum Gasteiger partial charge on any atom is 0.0912 e. The summed E-state index contributed by atoms with van der Waals surface area (Å²) >= 11 is 0. The summed E-state index contributed by atoms with van der Waals surface area (Å²) in [4.78, 5) is 3.35. The number of aromatic nitrogens is 1. The van der Waals surface area contributed by atoms with E-state index in [4.69, 9.17) is 0 Å². The lowest BCUT2D eigenvalue weighted by molar-refractivity contribution is 0.527. The highest BCUT2D eigenvalue weighted by Gasteiger charge is 2.02. The SMILES string of the molecule is C=C(NCCCCCCCCCCCCCCCCCC)NCCc1c[nH]c2ccccc12. The Hall–Kier alpha value is -1.90. The summed E-state index contributed by atoms with van der Waals surface area (Å²) in [6, 6.07) is 8.49. The molecule has 186 valence electrons. The maximum absolute atomic E-state index is 4.12. The molecule has 1 heterocycles. The zero-order chi connectivity index (χ0) is 23.4. The number of unbranched alkanes of at least 4 members (excludes halogenated alkanes) is 15. The monoisotopic (exact) mass is 453 g/mol. The van der Waals surface area contributed by atoms with Crippen LogP contribution in [-0.4, -0.2) is 18.1 Å². The Labute approximate surface area is 204 Å². The molecule has 2 aromatic rings. The third kappa shape index (κ3) is 12.8. The van der Waals surface area contributed by atoms with E-state index < -0.39 is 0 Å². The summed E-state index contributed by atoms with van der Waals surface area (Å²) in [5, 5.41) is 8.18. The number of para-hydroxylation sites is 1. The Morgan fingerprint density at radius 3 is 1.82 bits per heavy atom. The van der Waals surface area contributed by atoms with Crippen LogP contribution in [0.25, 0.3) is 10.9 Å². The standard InChI is InChI=1S/C30H51N3/c1-3-4-5-6-7-8-9-10-11-12-13-14-15-16-17-20-24-31-27(2)32-25-23-28-26-33-30-22-19-18-21-29(28)30/h18-19,21-22,26,31-33H,2-17,20,23-25H2,1H3. The molecular weight excluding hydrogens is 402 g/mol. The summed E-state index contributed by atoms with van der Waals surface area (Å²) in [5.74, 6) is 0.954. The first-order chi connectivity index (χ1) is 16.3. The molecule has 0 aliphatic carbocycles. The van der Waals surface area contributed by atoms with Crippen LogP contribution in [0, 0.1) is 0 Å². The third-order valence-electron chi connectivity index (χ3n) is 6.78. The summed E-state index contributed by atoms with van der Waals surface area (Å²) in [6.45, 7) is 8.35. The minimum atomic E-state index is 0.909. The van der Waals surface area contributed by atoms with Crippen LogP contribution in [-0.2, 0) is 6.42 Å². The molecule has 1 aromatic carbocycles. The van der Waals surface area contributed by atoms with Gasteiger partial charge in [-0.3, -0.25) is 0 Å². The molecule has 0 bridgehead atoms. The van der Waals surface area contributed by atoms with Gasteiger partial charge in [0.2, 0.25) is 0 Å². The average molecular weight is 454 g/mol. The molecule has 1 aromatic heterocycles. The van der Waals surface area contributed by atoms with Crippen molar-refractivity contribution in [3.8, 4) is 0 Å². The predicted octanol–water partition coefficient (Wildman–Crippen LogP) is 8.62. The van der Waals surface area contributed by atoms with Gasteiger partial charge >= 0.3 is 0 Å². The molecule has 33 heavy (non-hydrogen) atoms. The molecule has 0 fully saturated rings. The molecule has 3 heteroatoms. The van der Waals surface area contributed by atoms with Crippen molar-refractivity contribution >= 4 is 10.9 Å². The van der Waals surface area contributed by atoms with E-state index in [1.165, 1.54) is 119 Å². The topological polar surface area (TPSA) is 39.8 Å². The molecule has 0 aliphatic heterocycles. The lowest BCUT2D eigenvalue weighted by atomic mass is 10.0. The van der Waals surface area contributed by atoms with Gasteiger partial charge in [0, 0.05) is 30.2 Å². The fraction of sp³-hybridized carbons (Fsp3) is 0.667. The minimum Gasteiger partial charge on any atom is -0.372 e. The summed E-state index contributed by atoms with van der Waals surface area (Å²) in [5.41, 5.74) is 2.58. The molecule has 3 nitrogen and oxygen atoms in total. The number of nitrogens with one attached hydrogen (secondary N) is 3. The van der Waals surface area contributed by atoms with Crippen LogP contribution in [0.3, 0.4) is 0 Å². The zero-order valence-electron chi connectivity index (χ0n) is 21.5. The Morgan fingerprint density at radius 2 is 1.21 bits per heavy atom. The maximum atomic E-state index is 4.12. The second-order valence-electron chi connectivity index (χ2n) is 9.74. The highest BCUT2D eigenvalue weighted by atomic mass is 15.1. The normalized spacial score (nSPS) is 11.2. The van der Waals surface area contributed by atoms with Gasteiger partial charge in [-0.2, -0.15) is 0 Å². The van der Waals surface area contributed by atoms with Gasteiger partial charge in [-0.25, -0.2) is 0 Å². The number of benzene rings is 1. The Morgan fingerprint density at radius 1 is 0.697 bits per heavy atom. The lowest BCUT2D eigenvalue weighted by Gasteiger charge is -2.12. The van der Waals surface area contributed by atoms with Gasteiger partial charge in [0.15, 0.2) is 0 Å². The van der Waals surface area contributed by atoms with Crippen molar-refractivity contribution < 1.29 is 0 Å². The zero-order valence-corrected chi connectivity index (χ0v) is 21.5. The van der Waals surface area contributed by atoms with Crippen molar-refractivity contribution in [3.63, 3.8) is 0 Å². The molecule has 0 atom stereocenters. The molecular formula is C30H51N3. The molecule has 0 radical (unpaired) electrons. The molecule has 0 saturated carbocycles. The molecule has 0 amide bonds. The van der Waals surface area contributed by atoms with Crippen molar-refractivity contribution in [3.05, 3.63) is 48.4 Å². The average Bonchev–Trinajstić information content (AvgIpc) is 3.24. The van der Waals surface area contributed by atoms with Crippen LogP contribution in [0.15, 0.2) is 42.9 Å². The number of aromatic amines is 1. The molecule has 2 rings (SSSR count). The van der Waals surface area contributed by atoms with Crippen LogP contribution in [0.5, 0.6) is 0 Å². The highest BCUT2D eigenvalue weighted by molar-refractivity contribution is 5.83. The van der Waals surface area contributed by atoms with Gasteiger partial charge in [0.1, 0.15) is 0 Å². The number of hydrogen-bond acceptors (Lipinski definition) is 2. The van der Waals surface area contributed by atoms with Crippen molar-refractivity contribution in [2.75, 3.05) is 13.1 Å². The van der Waals surface area contributed by atoms with Gasteiger partial charge in [0.05, 0.1) is 5.82 Å². The Balaban J connectivity index is 1.31. The van der Waals surface area contributed by atoms with Gasteiger partial charge in [-0.15, -0.1) is 0 Å². The van der Waals surface area contributed by atoms with Gasteiger partial charge in [-0.1, -0.05) is 128 Å². The van der Waals surface area contributed by atoms with Crippen molar-refractivity contribution in [2.45, 2.75) is 116 Å². The highest BCUT2D eigenvalue weighted by Crippen LogP contribution is 2.18. The summed E-state index contributed by atoms with van der Waals surface area (Å²) in [7, 11) is 0. The van der Waals surface area contributed by atoms with Gasteiger partial charge in [0.25, 0.3) is 0 Å². The second-order valence-corrected chi connectivity index (χ2v) is 9.74. The first-order valence-corrected chi connectivity index (χ1v) is 14.0. The van der Waals surface area contributed by atoms with Crippen molar-refractivity contribution in [2.24, 2.45) is 0 Å². The van der Waals surface area contributed by atoms with E-state index >= 15 is 0 Å². The van der Waals surface area contributed by atoms with Gasteiger partial charge < -0.3 is 15.6 Å². The fourth-order valence-corrected chi connectivity index (χ4v) is 4.66. The second kappa shape index (κ2) is 18.5. The largest absolute Gasteiger partial charge is 0.372 e. The first-order valence-electron chi connectivity index (χ1n) is 14.0. The van der Waals surface area contributed by atoms with Gasteiger partial charge in [-0.05, 0) is 24.5 Å². The van der Waals surface area contributed by atoms with E-state index in [-0.39, 0.29) is 0 Å². The third-order valence-corrected chi connectivity index (χ3v) is 6.78. The van der Waals surface area contributed by atoms with E-state index in [0.29, 0.717) is 0 Å². The quantitative estimate of drug-likeness (QED) is 0.156. The summed E-state index contributed by atoms with van der Waals surface area (Å²) < 4.78 is 0. The Bertz CT molecular complexity index is 733. The van der Waals surface area contributed by atoms with E-state index in [0.717, 1.165) is 25.3 Å². The number of H-pyrrole nitrogens is 1. The van der Waals surface area contributed by atoms with Crippen LogP contribution >= 0.6 is 0 Å². The fourth-order valence-electron chi connectivity index (χ4n) is 4.66. The van der Waals surface area contributed by atoms with E-state index in [1.54, 1.807) is 0 Å². The van der Waals surface area contributed by atoms with Crippen LogP contribution in [0.1, 0.15) is 115 Å². The van der Waals surface area contributed by atoms with Crippen molar-refractivity contribution in [1.82, 2.24) is 15.6 Å². The Kier molecular flexibility index (Phi) is 15.3. The molecule has 3 N–H and O–H groups in total. The van der Waals surface area contributed by atoms with E-state index in [1.807, 2.05) is 0 Å². The number of fused-ring (bicyclic) bond motifs is 1. The van der Waals surface area contributed by atoms with E-state index in [9.17, 15) is 0 Å². The molecule has 0 saturated heterocycles. The van der Waals surface area contributed by atoms with E-state index in [2.05, 4.69) is 59.6 Å². The van der Waals surface area contributed by atoms with Crippen molar-refractivity contribution in [1.29, 1.82) is 0 Å².